The monoisotopic (exact) mass is 823 g/mol. The lowest BCUT2D eigenvalue weighted by atomic mass is 9.93. The molecule has 1 saturated carbocycles. The van der Waals surface area contributed by atoms with E-state index >= 15 is 0 Å². The molecule has 1 unspecified atom stereocenters. The van der Waals surface area contributed by atoms with Crippen molar-refractivity contribution in [1.29, 1.82) is 5.26 Å². The summed E-state index contributed by atoms with van der Waals surface area (Å²) in [4.78, 5) is 72.0. The molecule has 59 heavy (non-hydrogen) atoms. The van der Waals surface area contributed by atoms with Gasteiger partial charge in [0.1, 0.15) is 23.6 Å². The number of piperazine rings is 1. The largest absolute Gasteiger partial charge is 0.496 e. The molecule has 0 spiro atoms. The van der Waals surface area contributed by atoms with Crippen LogP contribution in [0.25, 0.3) is 0 Å². The van der Waals surface area contributed by atoms with Crippen LogP contribution in [0.4, 0.5) is 11.5 Å². The van der Waals surface area contributed by atoms with Crippen LogP contribution in [-0.2, 0) is 9.59 Å². The van der Waals surface area contributed by atoms with Crippen LogP contribution in [0.5, 0.6) is 11.5 Å². The molecule has 2 aromatic carbocycles. The molecule has 1 atom stereocenters. The van der Waals surface area contributed by atoms with E-state index in [1.165, 1.54) is 7.11 Å². The first kappa shape index (κ1) is 40.0. The molecule has 0 bridgehead atoms. The van der Waals surface area contributed by atoms with Gasteiger partial charge in [0.25, 0.3) is 17.7 Å². The number of methoxy groups -OCH3 is 1. The van der Waals surface area contributed by atoms with Gasteiger partial charge in [0.15, 0.2) is 11.5 Å². The Balaban J connectivity index is 0.772. The predicted molar refractivity (Wildman–Crippen MR) is 216 cm³/mol. The molecular formula is C42H46ClN9O7. The summed E-state index contributed by atoms with van der Waals surface area (Å²) in [6.07, 6.45) is 5.31. The standard InChI is InChI=1S/C42H46ClN9O7/c1-58-35-21-28(20-31-38(35)42(57)52(41(31)56)34-9-11-37(53)46-40(34)55)50-18-16-49(17-19-50)24-25-12-14-51(15-13-25)36-10-8-33(47-48-36)39(54)45-27-3-6-29(7-4-27)59-30-5-2-26(23-44)32(43)22-30/h2,5,8,10,20-22,25,27,29,34H,3-4,6-7,9,11-19,24H2,1H3,(H,45,54)(H,46,53,55)/t27-,29-,34?. The fourth-order valence-electron chi connectivity index (χ4n) is 8.84. The number of amides is 5. The zero-order valence-corrected chi connectivity index (χ0v) is 33.6. The molecule has 5 amide bonds. The molecule has 4 aliphatic heterocycles. The first-order valence-corrected chi connectivity index (χ1v) is 20.6. The highest BCUT2D eigenvalue weighted by Gasteiger charge is 2.46. The second-order valence-electron chi connectivity index (χ2n) is 15.8. The molecule has 5 aliphatic rings. The summed E-state index contributed by atoms with van der Waals surface area (Å²) in [6, 6.07) is 13.2. The normalized spacial score (nSPS) is 22.8. The number of anilines is 2. The maximum atomic E-state index is 13.5. The number of nitriles is 1. The zero-order valence-electron chi connectivity index (χ0n) is 32.8. The van der Waals surface area contributed by atoms with Crippen molar-refractivity contribution < 1.29 is 33.4 Å². The number of hydrogen-bond acceptors (Lipinski definition) is 13. The number of hydrogen-bond donors (Lipinski definition) is 2. The second kappa shape index (κ2) is 17.2. The molecule has 5 heterocycles. The summed E-state index contributed by atoms with van der Waals surface area (Å²) in [7, 11) is 1.46. The van der Waals surface area contributed by atoms with E-state index in [-0.39, 0.29) is 47.8 Å². The molecule has 1 aliphatic carbocycles. The maximum Gasteiger partial charge on any atom is 0.272 e. The highest BCUT2D eigenvalue weighted by atomic mass is 35.5. The molecule has 17 heteroatoms. The lowest BCUT2D eigenvalue weighted by molar-refractivity contribution is -0.136. The number of ether oxygens (including phenoxy) is 2. The summed E-state index contributed by atoms with van der Waals surface area (Å²) in [5.74, 6) is -0.221. The van der Waals surface area contributed by atoms with E-state index in [1.807, 2.05) is 6.07 Å². The van der Waals surface area contributed by atoms with Crippen molar-refractivity contribution in [2.24, 2.45) is 5.92 Å². The minimum atomic E-state index is -1.04. The van der Waals surface area contributed by atoms with E-state index in [9.17, 15) is 24.0 Å². The average molecular weight is 824 g/mol. The molecule has 3 saturated heterocycles. The molecule has 1 aromatic heterocycles. The van der Waals surface area contributed by atoms with Gasteiger partial charge in [-0.05, 0) is 81.2 Å². The molecule has 4 fully saturated rings. The third kappa shape index (κ3) is 8.53. The number of carbonyl (C=O) groups excluding carboxylic acids is 5. The zero-order chi connectivity index (χ0) is 41.2. The molecule has 3 aromatic rings. The summed E-state index contributed by atoms with van der Waals surface area (Å²) in [6.45, 7) is 5.83. The first-order valence-electron chi connectivity index (χ1n) is 20.2. The Kier molecular flexibility index (Phi) is 11.7. The average Bonchev–Trinajstić information content (AvgIpc) is 3.50. The van der Waals surface area contributed by atoms with E-state index in [1.54, 1.807) is 36.4 Å². The number of aromatic nitrogens is 2. The van der Waals surface area contributed by atoms with Gasteiger partial charge in [-0.25, -0.2) is 0 Å². The van der Waals surface area contributed by atoms with Crippen molar-refractivity contribution in [3.63, 3.8) is 0 Å². The minimum absolute atomic E-state index is 0.0137. The molecule has 16 nitrogen and oxygen atoms in total. The van der Waals surface area contributed by atoms with Crippen LogP contribution in [0.3, 0.4) is 0 Å². The van der Waals surface area contributed by atoms with E-state index in [0.717, 1.165) is 101 Å². The molecule has 0 radical (unpaired) electrons. The van der Waals surface area contributed by atoms with E-state index < -0.39 is 29.7 Å². The molecule has 308 valence electrons. The van der Waals surface area contributed by atoms with Gasteiger partial charge < -0.3 is 24.6 Å². The highest BCUT2D eigenvalue weighted by Crippen LogP contribution is 2.38. The number of rotatable bonds is 10. The predicted octanol–water partition coefficient (Wildman–Crippen LogP) is 3.57. The lowest BCUT2D eigenvalue weighted by Crippen LogP contribution is -2.54. The van der Waals surface area contributed by atoms with E-state index in [0.29, 0.717) is 27.9 Å². The topological polar surface area (TPSA) is 190 Å². The molecule has 8 rings (SSSR count). The number of imide groups is 2. The Morgan fingerprint density at radius 2 is 1.66 bits per heavy atom. The number of benzene rings is 2. The van der Waals surface area contributed by atoms with Gasteiger partial charge in [0.05, 0.1) is 34.9 Å². The lowest BCUT2D eigenvalue weighted by Gasteiger charge is -2.40. The van der Waals surface area contributed by atoms with Gasteiger partial charge in [0, 0.05) is 76.1 Å². The Morgan fingerprint density at radius 3 is 2.32 bits per heavy atom. The number of piperidine rings is 2. The number of halogens is 1. The van der Waals surface area contributed by atoms with Crippen molar-refractivity contribution in [2.75, 3.05) is 62.7 Å². The van der Waals surface area contributed by atoms with Gasteiger partial charge in [-0.3, -0.25) is 39.1 Å². The second-order valence-corrected chi connectivity index (χ2v) is 16.2. The maximum absolute atomic E-state index is 13.5. The van der Waals surface area contributed by atoms with Crippen molar-refractivity contribution >= 4 is 52.6 Å². The van der Waals surface area contributed by atoms with Crippen LogP contribution in [-0.4, -0.2) is 121 Å². The quantitative estimate of drug-likeness (QED) is 0.283. The third-order valence-electron chi connectivity index (χ3n) is 12.2. The van der Waals surface area contributed by atoms with E-state index in [4.69, 9.17) is 26.3 Å². The molecule has 2 N–H and O–H groups in total. The Morgan fingerprint density at radius 1 is 0.898 bits per heavy atom. The number of nitrogens with one attached hydrogen (secondary N) is 2. The Labute approximate surface area is 346 Å². The van der Waals surface area contributed by atoms with Gasteiger partial charge in [0.2, 0.25) is 11.8 Å². The van der Waals surface area contributed by atoms with Crippen molar-refractivity contribution in [3.8, 4) is 17.6 Å². The van der Waals surface area contributed by atoms with Gasteiger partial charge in [-0.15, -0.1) is 10.2 Å². The number of nitrogens with zero attached hydrogens (tertiary/aromatic N) is 7. The number of carbonyl (C=O) groups is 5. The van der Waals surface area contributed by atoms with Crippen LogP contribution >= 0.6 is 11.6 Å². The van der Waals surface area contributed by atoms with Gasteiger partial charge in [-0.1, -0.05) is 11.6 Å². The summed E-state index contributed by atoms with van der Waals surface area (Å²) < 4.78 is 11.7. The number of fused-ring (bicyclic) bond motifs is 1. The summed E-state index contributed by atoms with van der Waals surface area (Å²) >= 11 is 6.15. The van der Waals surface area contributed by atoms with E-state index in [2.05, 4.69) is 41.6 Å². The SMILES string of the molecule is COc1cc(N2CCN(CC3CCN(c4ccc(C(=O)N[C@H]5CC[C@H](Oc6ccc(C#N)c(Cl)c6)CC5)nn4)CC3)CC2)cc2c1C(=O)N(C1CCC(=O)NC1=O)C2=O. The van der Waals surface area contributed by atoms with Crippen LogP contribution in [0.15, 0.2) is 42.5 Å². The summed E-state index contributed by atoms with van der Waals surface area (Å²) in [5.41, 5.74) is 1.84. The fourth-order valence-corrected chi connectivity index (χ4v) is 9.05. The van der Waals surface area contributed by atoms with Crippen molar-refractivity contribution in [2.45, 2.75) is 69.6 Å². The van der Waals surface area contributed by atoms with Gasteiger partial charge >= 0.3 is 0 Å². The smallest absolute Gasteiger partial charge is 0.272 e. The first-order chi connectivity index (χ1) is 28.6. The molecular weight excluding hydrogens is 778 g/mol. The fraction of sp³-hybridized carbons (Fsp3) is 0.476. The summed E-state index contributed by atoms with van der Waals surface area (Å²) in [5, 5.41) is 23.5. The van der Waals surface area contributed by atoms with Gasteiger partial charge in [-0.2, -0.15) is 5.26 Å². The Hall–Kier alpha value is -5.79. The van der Waals surface area contributed by atoms with Crippen LogP contribution in [0.2, 0.25) is 5.02 Å². The van der Waals surface area contributed by atoms with Crippen LogP contribution < -0.4 is 29.9 Å². The van der Waals surface area contributed by atoms with Crippen LogP contribution in [0, 0.1) is 17.2 Å². The van der Waals surface area contributed by atoms with Crippen molar-refractivity contribution in [3.05, 3.63) is 69.9 Å². The van der Waals surface area contributed by atoms with Crippen molar-refractivity contribution in [1.82, 2.24) is 30.6 Å². The van der Waals surface area contributed by atoms with Crippen LogP contribution in [0.1, 0.15) is 88.1 Å². The minimum Gasteiger partial charge on any atom is -0.496 e. The highest BCUT2D eigenvalue weighted by molar-refractivity contribution is 6.31. The third-order valence-corrected chi connectivity index (χ3v) is 12.5. The Bertz CT molecular complexity index is 2170.